The summed E-state index contributed by atoms with van der Waals surface area (Å²) in [6.45, 7) is 1.80. The van der Waals surface area contributed by atoms with Gasteiger partial charge in [-0.3, -0.25) is 0 Å². The quantitative estimate of drug-likeness (QED) is 0.820. The van der Waals surface area contributed by atoms with E-state index in [1.165, 1.54) is 11.3 Å². The molecule has 6 heteroatoms. The number of rotatable bonds is 3. The maximum atomic E-state index is 13.6. The van der Waals surface area contributed by atoms with Gasteiger partial charge < -0.3 is 11.1 Å². The zero-order valence-electron chi connectivity index (χ0n) is 9.51. The van der Waals surface area contributed by atoms with Crippen molar-refractivity contribution >= 4 is 34.3 Å². The Morgan fingerprint density at radius 3 is 2.39 bits per heavy atom. The Kier molecular flexibility index (Phi) is 3.73. The SMILES string of the molecule is CC(Nc1c(F)cc(N)cc1F)c1ccc(Cl)s1. The predicted octanol–water partition coefficient (Wildman–Crippen LogP) is 4.44. The second kappa shape index (κ2) is 5.12. The van der Waals surface area contributed by atoms with E-state index in [4.69, 9.17) is 17.3 Å². The first-order valence-corrected chi connectivity index (χ1v) is 6.43. The molecule has 3 N–H and O–H groups in total. The molecule has 1 atom stereocenters. The monoisotopic (exact) mass is 288 g/mol. The normalized spacial score (nSPS) is 12.4. The van der Waals surface area contributed by atoms with E-state index in [9.17, 15) is 8.78 Å². The van der Waals surface area contributed by atoms with Gasteiger partial charge in [0.1, 0.15) is 5.69 Å². The minimum absolute atomic E-state index is 0.0578. The van der Waals surface area contributed by atoms with Crippen molar-refractivity contribution in [3.63, 3.8) is 0 Å². The molecule has 96 valence electrons. The van der Waals surface area contributed by atoms with Crippen LogP contribution < -0.4 is 11.1 Å². The molecule has 0 spiro atoms. The van der Waals surface area contributed by atoms with Crippen molar-refractivity contribution in [2.75, 3.05) is 11.1 Å². The summed E-state index contributed by atoms with van der Waals surface area (Å²) in [5.41, 5.74) is 5.23. The first kappa shape index (κ1) is 13.1. The van der Waals surface area contributed by atoms with E-state index in [2.05, 4.69) is 5.32 Å². The number of nitrogens with one attached hydrogen (secondary N) is 1. The topological polar surface area (TPSA) is 38.0 Å². The minimum Gasteiger partial charge on any atom is -0.399 e. The molecule has 0 bridgehead atoms. The van der Waals surface area contributed by atoms with Gasteiger partial charge in [-0.2, -0.15) is 0 Å². The van der Waals surface area contributed by atoms with Gasteiger partial charge in [-0.25, -0.2) is 8.78 Å². The zero-order valence-corrected chi connectivity index (χ0v) is 11.1. The van der Waals surface area contributed by atoms with Crippen LogP contribution in [0, 0.1) is 11.6 Å². The molecule has 0 saturated heterocycles. The molecule has 0 radical (unpaired) electrons. The first-order valence-electron chi connectivity index (χ1n) is 5.23. The van der Waals surface area contributed by atoms with Crippen molar-refractivity contribution in [1.29, 1.82) is 0 Å². The summed E-state index contributed by atoms with van der Waals surface area (Å²) in [6.07, 6.45) is 0. The number of benzene rings is 1. The largest absolute Gasteiger partial charge is 0.399 e. The zero-order chi connectivity index (χ0) is 13.3. The number of anilines is 2. The summed E-state index contributed by atoms with van der Waals surface area (Å²) < 4.78 is 27.8. The highest BCUT2D eigenvalue weighted by molar-refractivity contribution is 7.16. The van der Waals surface area contributed by atoms with E-state index in [1.807, 2.05) is 6.07 Å². The number of halogens is 3. The summed E-state index contributed by atoms with van der Waals surface area (Å²) in [4.78, 5) is 0.899. The second-order valence-corrected chi connectivity index (χ2v) is 5.61. The summed E-state index contributed by atoms with van der Waals surface area (Å²) >= 11 is 7.18. The molecule has 0 aliphatic carbocycles. The van der Waals surface area contributed by atoms with Crippen LogP contribution in [0.15, 0.2) is 24.3 Å². The maximum absolute atomic E-state index is 13.6. The Hall–Kier alpha value is -1.33. The van der Waals surface area contributed by atoms with Crippen LogP contribution in [-0.2, 0) is 0 Å². The molecule has 1 aromatic carbocycles. The van der Waals surface area contributed by atoms with Crippen LogP contribution in [0.1, 0.15) is 17.8 Å². The van der Waals surface area contributed by atoms with Crippen molar-refractivity contribution in [2.45, 2.75) is 13.0 Å². The molecule has 1 heterocycles. The molecular weight excluding hydrogens is 278 g/mol. The van der Waals surface area contributed by atoms with Gasteiger partial charge in [0, 0.05) is 10.6 Å². The highest BCUT2D eigenvalue weighted by atomic mass is 35.5. The van der Waals surface area contributed by atoms with Crippen LogP contribution in [0.2, 0.25) is 4.34 Å². The van der Waals surface area contributed by atoms with Crippen LogP contribution in [0.4, 0.5) is 20.2 Å². The molecule has 18 heavy (non-hydrogen) atoms. The lowest BCUT2D eigenvalue weighted by Gasteiger charge is -2.15. The lowest BCUT2D eigenvalue weighted by molar-refractivity contribution is 0.586. The highest BCUT2D eigenvalue weighted by Crippen LogP contribution is 2.31. The molecule has 0 fully saturated rings. The Morgan fingerprint density at radius 2 is 1.89 bits per heavy atom. The smallest absolute Gasteiger partial charge is 0.151 e. The van der Waals surface area contributed by atoms with Crippen LogP contribution >= 0.6 is 22.9 Å². The van der Waals surface area contributed by atoms with Gasteiger partial charge in [0.25, 0.3) is 0 Å². The third-order valence-corrected chi connectivity index (χ3v) is 3.86. The summed E-state index contributed by atoms with van der Waals surface area (Å²) in [7, 11) is 0. The average Bonchev–Trinajstić information content (AvgIpc) is 2.70. The third-order valence-electron chi connectivity index (χ3n) is 2.45. The molecule has 1 aromatic heterocycles. The molecular formula is C12H11ClF2N2S. The van der Waals surface area contributed by atoms with Crippen LogP contribution in [0.25, 0.3) is 0 Å². The highest BCUT2D eigenvalue weighted by Gasteiger charge is 2.15. The van der Waals surface area contributed by atoms with Crippen LogP contribution in [0.3, 0.4) is 0 Å². The maximum Gasteiger partial charge on any atom is 0.151 e. The molecule has 0 saturated carbocycles. The van der Waals surface area contributed by atoms with E-state index in [0.29, 0.717) is 4.34 Å². The van der Waals surface area contributed by atoms with Crippen molar-refractivity contribution < 1.29 is 8.78 Å². The minimum atomic E-state index is -0.706. The summed E-state index contributed by atoms with van der Waals surface area (Å²) in [5, 5.41) is 2.78. The first-order chi connectivity index (χ1) is 8.47. The Bertz CT molecular complexity index is 548. The molecule has 2 rings (SSSR count). The summed E-state index contributed by atoms with van der Waals surface area (Å²) in [6, 6.07) is 5.49. The van der Waals surface area contributed by atoms with E-state index in [-0.39, 0.29) is 17.4 Å². The van der Waals surface area contributed by atoms with E-state index in [1.54, 1.807) is 13.0 Å². The second-order valence-electron chi connectivity index (χ2n) is 3.87. The number of thiophene rings is 1. The predicted molar refractivity (Wildman–Crippen MR) is 72.1 cm³/mol. The molecule has 0 amide bonds. The van der Waals surface area contributed by atoms with E-state index in [0.717, 1.165) is 17.0 Å². The van der Waals surface area contributed by atoms with E-state index < -0.39 is 11.6 Å². The number of hydrogen-bond donors (Lipinski definition) is 2. The van der Waals surface area contributed by atoms with Crippen molar-refractivity contribution in [3.05, 3.63) is 45.1 Å². The van der Waals surface area contributed by atoms with Crippen molar-refractivity contribution in [3.8, 4) is 0 Å². The lowest BCUT2D eigenvalue weighted by atomic mass is 10.2. The van der Waals surface area contributed by atoms with Gasteiger partial charge >= 0.3 is 0 Å². The standard InChI is InChI=1S/C12H11ClF2N2S/c1-6(10-2-3-11(13)18-10)17-12-8(14)4-7(16)5-9(12)15/h2-6,17H,16H2,1H3. The fourth-order valence-corrected chi connectivity index (χ4v) is 2.64. The third kappa shape index (κ3) is 2.73. The number of nitrogens with two attached hydrogens (primary N) is 1. The van der Waals surface area contributed by atoms with Gasteiger partial charge in [-0.1, -0.05) is 11.6 Å². The van der Waals surface area contributed by atoms with Crippen molar-refractivity contribution in [2.24, 2.45) is 0 Å². The van der Waals surface area contributed by atoms with Gasteiger partial charge in [0.2, 0.25) is 0 Å². The van der Waals surface area contributed by atoms with Gasteiger partial charge in [0.05, 0.1) is 10.4 Å². The Balaban J connectivity index is 2.24. The van der Waals surface area contributed by atoms with Crippen LogP contribution in [-0.4, -0.2) is 0 Å². The Morgan fingerprint density at radius 1 is 1.28 bits per heavy atom. The van der Waals surface area contributed by atoms with Crippen molar-refractivity contribution in [1.82, 2.24) is 0 Å². The molecule has 0 aliphatic heterocycles. The molecule has 1 unspecified atom stereocenters. The van der Waals surface area contributed by atoms with Crippen LogP contribution in [0.5, 0.6) is 0 Å². The van der Waals surface area contributed by atoms with Gasteiger partial charge in [-0.15, -0.1) is 11.3 Å². The fourth-order valence-electron chi connectivity index (χ4n) is 1.58. The Labute approximate surface area is 112 Å². The average molecular weight is 289 g/mol. The molecule has 2 aromatic rings. The molecule has 2 nitrogen and oxygen atoms in total. The lowest BCUT2D eigenvalue weighted by Crippen LogP contribution is -2.08. The number of hydrogen-bond acceptors (Lipinski definition) is 3. The molecule has 0 aliphatic rings. The van der Waals surface area contributed by atoms with Gasteiger partial charge in [-0.05, 0) is 31.2 Å². The van der Waals surface area contributed by atoms with E-state index >= 15 is 0 Å². The summed E-state index contributed by atoms with van der Waals surface area (Å²) in [5.74, 6) is -1.41. The fraction of sp³-hybridized carbons (Fsp3) is 0.167. The number of nitrogen functional groups attached to an aromatic ring is 1. The van der Waals surface area contributed by atoms with Gasteiger partial charge in [0.15, 0.2) is 11.6 Å².